The molecule has 0 spiro atoms. The SMILES string of the molecule is C=CCn1c(O)c2c(c1O)C(CCC)C1OC1C2. The van der Waals surface area contributed by atoms with Crippen LogP contribution in [0.25, 0.3) is 0 Å². The maximum Gasteiger partial charge on any atom is 0.198 e. The van der Waals surface area contributed by atoms with Crippen LogP contribution >= 0.6 is 0 Å². The summed E-state index contributed by atoms with van der Waals surface area (Å²) >= 11 is 0. The van der Waals surface area contributed by atoms with Gasteiger partial charge in [0.1, 0.15) is 0 Å². The van der Waals surface area contributed by atoms with Gasteiger partial charge in [0.25, 0.3) is 0 Å². The first-order valence-corrected chi connectivity index (χ1v) is 6.58. The van der Waals surface area contributed by atoms with Gasteiger partial charge in [-0.3, -0.25) is 4.57 Å². The highest BCUT2D eigenvalue weighted by Gasteiger charge is 2.52. The first kappa shape index (κ1) is 11.7. The Balaban J connectivity index is 2.07. The number of ether oxygens (including phenoxy) is 1. The fraction of sp³-hybridized carbons (Fsp3) is 0.571. The summed E-state index contributed by atoms with van der Waals surface area (Å²) in [6.45, 7) is 6.21. The molecule has 0 saturated carbocycles. The third kappa shape index (κ3) is 1.48. The molecule has 0 aromatic carbocycles. The van der Waals surface area contributed by atoms with Crippen molar-refractivity contribution in [2.75, 3.05) is 0 Å². The topological polar surface area (TPSA) is 57.9 Å². The predicted molar refractivity (Wildman–Crippen MR) is 68.0 cm³/mol. The van der Waals surface area contributed by atoms with Gasteiger partial charge in [0, 0.05) is 30.0 Å². The molecule has 0 amide bonds. The Morgan fingerprint density at radius 2 is 2.22 bits per heavy atom. The lowest BCUT2D eigenvalue weighted by molar-refractivity contribution is 0.336. The van der Waals surface area contributed by atoms with E-state index in [1.165, 1.54) is 4.57 Å². The summed E-state index contributed by atoms with van der Waals surface area (Å²) in [7, 11) is 0. The van der Waals surface area contributed by atoms with Gasteiger partial charge >= 0.3 is 0 Å². The van der Waals surface area contributed by atoms with E-state index in [2.05, 4.69) is 13.5 Å². The van der Waals surface area contributed by atoms with Crippen LogP contribution in [0.3, 0.4) is 0 Å². The molecular weight excluding hydrogens is 230 g/mol. The average molecular weight is 249 g/mol. The van der Waals surface area contributed by atoms with Crippen LogP contribution in [0.15, 0.2) is 12.7 Å². The van der Waals surface area contributed by atoms with Crippen molar-refractivity contribution in [3.8, 4) is 11.8 Å². The zero-order chi connectivity index (χ0) is 12.9. The van der Waals surface area contributed by atoms with Crippen LogP contribution in [-0.4, -0.2) is 27.0 Å². The van der Waals surface area contributed by atoms with Crippen molar-refractivity contribution < 1.29 is 14.9 Å². The minimum absolute atomic E-state index is 0.178. The van der Waals surface area contributed by atoms with E-state index in [0.717, 1.165) is 24.0 Å². The van der Waals surface area contributed by atoms with Gasteiger partial charge in [0.15, 0.2) is 11.8 Å². The molecule has 1 saturated heterocycles. The third-order valence-corrected chi connectivity index (χ3v) is 4.05. The Morgan fingerprint density at radius 1 is 1.44 bits per heavy atom. The fourth-order valence-corrected chi connectivity index (χ4v) is 3.22. The third-order valence-electron chi connectivity index (χ3n) is 4.05. The summed E-state index contributed by atoms with van der Waals surface area (Å²) in [6, 6.07) is 0. The molecule has 1 aromatic rings. The molecule has 2 heterocycles. The quantitative estimate of drug-likeness (QED) is 0.636. The molecule has 3 atom stereocenters. The molecule has 1 aromatic heterocycles. The van der Waals surface area contributed by atoms with Crippen molar-refractivity contribution in [1.82, 2.24) is 4.57 Å². The number of rotatable bonds is 4. The Hall–Kier alpha value is -1.42. The maximum absolute atomic E-state index is 10.3. The van der Waals surface area contributed by atoms with Crippen molar-refractivity contribution >= 4 is 0 Å². The number of hydrogen-bond donors (Lipinski definition) is 2. The first-order chi connectivity index (χ1) is 8.69. The summed E-state index contributed by atoms with van der Waals surface area (Å²) in [4.78, 5) is 0. The number of epoxide rings is 1. The van der Waals surface area contributed by atoms with Gasteiger partial charge in [-0.1, -0.05) is 19.4 Å². The number of aromatic nitrogens is 1. The van der Waals surface area contributed by atoms with Crippen molar-refractivity contribution in [3.05, 3.63) is 23.8 Å². The summed E-state index contributed by atoms with van der Waals surface area (Å²) < 4.78 is 7.17. The predicted octanol–water partition coefficient (Wildman–Crippen LogP) is 2.29. The Bertz CT molecular complexity index is 492. The van der Waals surface area contributed by atoms with Crippen molar-refractivity contribution in [2.24, 2.45) is 0 Å². The zero-order valence-corrected chi connectivity index (χ0v) is 10.6. The van der Waals surface area contributed by atoms with Gasteiger partial charge in [-0.05, 0) is 6.42 Å². The number of nitrogens with zero attached hydrogens (tertiary/aromatic N) is 1. The Morgan fingerprint density at radius 3 is 2.89 bits per heavy atom. The first-order valence-electron chi connectivity index (χ1n) is 6.58. The monoisotopic (exact) mass is 249 g/mol. The van der Waals surface area contributed by atoms with Crippen LogP contribution < -0.4 is 0 Å². The number of fused-ring (bicyclic) bond motifs is 2. The second-order valence-electron chi connectivity index (χ2n) is 5.18. The van der Waals surface area contributed by atoms with Crippen LogP contribution in [0.1, 0.15) is 36.8 Å². The molecule has 0 radical (unpaired) electrons. The molecule has 3 unspecified atom stereocenters. The minimum atomic E-state index is 0.178. The summed E-state index contributed by atoms with van der Waals surface area (Å²) in [5.41, 5.74) is 1.77. The van der Waals surface area contributed by atoms with Gasteiger partial charge < -0.3 is 14.9 Å². The largest absolute Gasteiger partial charge is 0.494 e. The van der Waals surface area contributed by atoms with Crippen molar-refractivity contribution in [1.29, 1.82) is 0 Å². The molecule has 1 aliphatic heterocycles. The van der Waals surface area contributed by atoms with E-state index < -0.39 is 0 Å². The highest BCUT2D eigenvalue weighted by Crippen LogP contribution is 2.53. The van der Waals surface area contributed by atoms with Crippen LogP contribution in [0, 0.1) is 0 Å². The summed E-state index contributed by atoms with van der Waals surface area (Å²) in [6.07, 6.45) is 4.89. The second kappa shape index (κ2) is 4.05. The number of hydrogen-bond acceptors (Lipinski definition) is 3. The minimum Gasteiger partial charge on any atom is -0.494 e. The van der Waals surface area contributed by atoms with Gasteiger partial charge in [0.2, 0.25) is 0 Å². The van der Waals surface area contributed by atoms with Gasteiger partial charge in [-0.25, -0.2) is 0 Å². The van der Waals surface area contributed by atoms with E-state index in [0.29, 0.717) is 13.0 Å². The average Bonchev–Trinajstić information content (AvgIpc) is 3.09. The molecular formula is C14H19NO3. The molecule has 2 N–H and O–H groups in total. The van der Waals surface area contributed by atoms with E-state index in [9.17, 15) is 10.2 Å². The highest BCUT2D eigenvalue weighted by molar-refractivity contribution is 5.51. The number of allylic oxidation sites excluding steroid dienone is 1. The van der Waals surface area contributed by atoms with Crippen LogP contribution in [-0.2, 0) is 17.7 Å². The normalized spacial score (nSPS) is 28.6. The van der Waals surface area contributed by atoms with Gasteiger partial charge in [0.05, 0.1) is 12.2 Å². The molecule has 2 aliphatic rings. The van der Waals surface area contributed by atoms with Crippen molar-refractivity contribution in [2.45, 2.75) is 50.9 Å². The fourth-order valence-electron chi connectivity index (χ4n) is 3.22. The Labute approximate surface area is 107 Å². The molecule has 0 bridgehead atoms. The van der Waals surface area contributed by atoms with E-state index in [1.54, 1.807) is 6.08 Å². The van der Waals surface area contributed by atoms with E-state index in [4.69, 9.17) is 4.74 Å². The molecule has 98 valence electrons. The van der Waals surface area contributed by atoms with Gasteiger partial charge in [-0.2, -0.15) is 0 Å². The molecule has 1 aliphatic carbocycles. The van der Waals surface area contributed by atoms with Gasteiger partial charge in [-0.15, -0.1) is 6.58 Å². The molecule has 1 fully saturated rings. The van der Waals surface area contributed by atoms with Crippen LogP contribution in [0.5, 0.6) is 11.8 Å². The molecule has 18 heavy (non-hydrogen) atoms. The maximum atomic E-state index is 10.3. The lowest BCUT2D eigenvalue weighted by atomic mass is 9.82. The van der Waals surface area contributed by atoms with E-state index in [-0.39, 0.29) is 29.9 Å². The van der Waals surface area contributed by atoms with E-state index >= 15 is 0 Å². The molecule has 4 nitrogen and oxygen atoms in total. The van der Waals surface area contributed by atoms with E-state index in [1.807, 2.05) is 0 Å². The Kier molecular flexibility index (Phi) is 2.63. The smallest absolute Gasteiger partial charge is 0.198 e. The van der Waals surface area contributed by atoms with Crippen molar-refractivity contribution in [3.63, 3.8) is 0 Å². The zero-order valence-electron chi connectivity index (χ0n) is 10.6. The lowest BCUT2D eigenvalue weighted by Crippen LogP contribution is -2.17. The van der Waals surface area contributed by atoms with Crippen LogP contribution in [0.2, 0.25) is 0 Å². The standard InChI is InChI=1S/C14H19NO3/c1-3-5-8-11-9(7-10-12(8)18-10)13(16)15(6-4-2)14(11)17/h4,8,10,12,16-17H,2-3,5-7H2,1H3. The lowest BCUT2D eigenvalue weighted by Gasteiger charge is -2.18. The molecule has 4 heteroatoms. The number of aromatic hydroxyl groups is 2. The summed E-state index contributed by atoms with van der Waals surface area (Å²) in [5, 5.41) is 20.5. The second-order valence-corrected chi connectivity index (χ2v) is 5.18. The highest BCUT2D eigenvalue weighted by atomic mass is 16.6. The van der Waals surface area contributed by atoms with Crippen LogP contribution in [0.4, 0.5) is 0 Å². The summed E-state index contributed by atoms with van der Waals surface area (Å²) in [5.74, 6) is 0.591. The molecule has 3 rings (SSSR count).